The molecule has 20 heavy (non-hydrogen) atoms. The van der Waals surface area contributed by atoms with E-state index in [1.807, 2.05) is 39.3 Å². The predicted molar refractivity (Wildman–Crippen MR) is 77.9 cm³/mol. The fraction of sp³-hybridized carbons (Fsp3) is 0.400. The van der Waals surface area contributed by atoms with Crippen LogP contribution in [0, 0.1) is 12.7 Å². The zero-order chi connectivity index (χ0) is 14.5. The fourth-order valence-corrected chi connectivity index (χ4v) is 2.18. The van der Waals surface area contributed by atoms with Crippen LogP contribution in [-0.4, -0.2) is 35.7 Å². The summed E-state index contributed by atoms with van der Waals surface area (Å²) in [5.74, 6) is -0.201. The Morgan fingerprint density at radius 2 is 2.00 bits per heavy atom. The molecule has 1 unspecified atom stereocenters. The van der Waals surface area contributed by atoms with Gasteiger partial charge in [0.1, 0.15) is 5.82 Å². The number of hydrogen-bond acceptors (Lipinski definition) is 3. The van der Waals surface area contributed by atoms with Crippen molar-refractivity contribution in [3.8, 4) is 0 Å². The summed E-state index contributed by atoms with van der Waals surface area (Å²) < 4.78 is 13.0. The van der Waals surface area contributed by atoms with Crippen LogP contribution in [0.15, 0.2) is 30.5 Å². The first-order valence-electron chi connectivity index (χ1n) is 6.69. The van der Waals surface area contributed by atoms with Gasteiger partial charge in [-0.15, -0.1) is 0 Å². The largest absolute Gasteiger partial charge is 0.311 e. The maximum absolute atomic E-state index is 13.0. The summed E-state index contributed by atoms with van der Waals surface area (Å²) >= 11 is 0. The first kappa shape index (κ1) is 14.7. The molecule has 108 valence electrons. The van der Waals surface area contributed by atoms with Gasteiger partial charge in [-0.3, -0.25) is 5.10 Å². The number of hydrogen-bond donors (Lipinski definition) is 2. The minimum atomic E-state index is -0.201. The van der Waals surface area contributed by atoms with Crippen molar-refractivity contribution in [3.05, 3.63) is 53.1 Å². The number of aryl methyl sites for hydroxylation is 1. The minimum absolute atomic E-state index is 0.201. The van der Waals surface area contributed by atoms with Crippen LogP contribution >= 0.6 is 0 Å². The molecule has 0 radical (unpaired) electrons. The predicted octanol–water partition coefficient (Wildman–Crippen LogP) is 2.25. The second-order valence-corrected chi connectivity index (χ2v) is 5.18. The maximum atomic E-state index is 13.0. The second kappa shape index (κ2) is 6.63. The van der Waals surface area contributed by atoms with E-state index in [2.05, 4.69) is 20.4 Å². The van der Waals surface area contributed by atoms with Gasteiger partial charge in [0.15, 0.2) is 0 Å². The molecule has 0 fully saturated rings. The van der Waals surface area contributed by atoms with Crippen LogP contribution in [0.4, 0.5) is 4.39 Å². The Balaban J connectivity index is 1.96. The lowest BCUT2D eigenvalue weighted by Gasteiger charge is -2.25. The van der Waals surface area contributed by atoms with Gasteiger partial charge in [0.25, 0.3) is 0 Å². The summed E-state index contributed by atoms with van der Waals surface area (Å²) in [6, 6.07) is 6.90. The van der Waals surface area contributed by atoms with E-state index in [9.17, 15) is 4.39 Å². The third kappa shape index (κ3) is 3.65. The molecule has 0 saturated carbocycles. The molecule has 1 aromatic carbocycles. The molecule has 2 N–H and O–H groups in total. The number of nitrogens with one attached hydrogen (secondary N) is 2. The first-order chi connectivity index (χ1) is 9.58. The van der Waals surface area contributed by atoms with E-state index in [0.29, 0.717) is 0 Å². The number of aromatic amines is 1. The topological polar surface area (TPSA) is 44.0 Å². The summed E-state index contributed by atoms with van der Waals surface area (Å²) in [5.41, 5.74) is 3.36. The highest BCUT2D eigenvalue weighted by molar-refractivity contribution is 5.20. The van der Waals surface area contributed by atoms with Gasteiger partial charge in [0, 0.05) is 30.4 Å². The Kier molecular flexibility index (Phi) is 4.87. The monoisotopic (exact) mass is 276 g/mol. The average molecular weight is 276 g/mol. The number of H-pyrrole nitrogens is 1. The third-order valence-corrected chi connectivity index (χ3v) is 3.47. The summed E-state index contributed by atoms with van der Waals surface area (Å²) in [6.07, 6.45) is 1.84. The average Bonchev–Trinajstić information content (AvgIpc) is 2.81. The van der Waals surface area contributed by atoms with Crippen molar-refractivity contribution in [2.24, 2.45) is 0 Å². The van der Waals surface area contributed by atoms with Gasteiger partial charge in [0.05, 0.1) is 6.20 Å². The van der Waals surface area contributed by atoms with Crippen molar-refractivity contribution in [2.45, 2.75) is 19.5 Å². The maximum Gasteiger partial charge on any atom is 0.123 e. The summed E-state index contributed by atoms with van der Waals surface area (Å²) in [7, 11) is 4.05. The van der Waals surface area contributed by atoms with Crippen LogP contribution < -0.4 is 5.32 Å². The van der Waals surface area contributed by atoms with E-state index in [0.717, 1.165) is 24.3 Å². The highest BCUT2D eigenvalue weighted by atomic mass is 19.1. The van der Waals surface area contributed by atoms with Crippen molar-refractivity contribution in [1.82, 2.24) is 20.4 Å². The molecule has 2 aromatic rings. The molecule has 1 heterocycles. The lowest BCUT2D eigenvalue weighted by atomic mass is 10.1. The lowest BCUT2D eigenvalue weighted by molar-refractivity contribution is 0.288. The van der Waals surface area contributed by atoms with E-state index in [1.54, 1.807) is 0 Å². The quantitative estimate of drug-likeness (QED) is 0.850. The molecule has 0 amide bonds. The SMILES string of the molecule is Cc1[nH]ncc1CNCC(c1ccc(F)cc1)N(C)C. The fourth-order valence-electron chi connectivity index (χ4n) is 2.18. The molecule has 0 aliphatic carbocycles. The van der Waals surface area contributed by atoms with E-state index < -0.39 is 0 Å². The van der Waals surface area contributed by atoms with Crippen LogP contribution in [-0.2, 0) is 6.54 Å². The van der Waals surface area contributed by atoms with Gasteiger partial charge in [-0.05, 0) is 38.7 Å². The molecule has 4 nitrogen and oxygen atoms in total. The molecule has 0 bridgehead atoms. The van der Waals surface area contributed by atoms with E-state index in [1.165, 1.54) is 17.7 Å². The number of rotatable bonds is 6. The van der Waals surface area contributed by atoms with E-state index in [4.69, 9.17) is 0 Å². The molecule has 0 spiro atoms. The standard InChI is InChI=1S/C15H21FN4/c1-11-13(9-18-19-11)8-17-10-15(20(2)3)12-4-6-14(16)7-5-12/h4-7,9,15,17H,8,10H2,1-3H3,(H,18,19). The normalized spacial score (nSPS) is 12.8. The van der Waals surface area contributed by atoms with Gasteiger partial charge in [0.2, 0.25) is 0 Å². The molecule has 5 heteroatoms. The smallest absolute Gasteiger partial charge is 0.123 e. The molecule has 2 rings (SSSR count). The number of benzene rings is 1. The minimum Gasteiger partial charge on any atom is -0.311 e. The van der Waals surface area contributed by atoms with Gasteiger partial charge in [-0.2, -0.15) is 5.10 Å². The van der Waals surface area contributed by atoms with Crippen molar-refractivity contribution in [1.29, 1.82) is 0 Å². The molecule has 0 aliphatic rings. The van der Waals surface area contributed by atoms with Gasteiger partial charge in [-0.1, -0.05) is 12.1 Å². The van der Waals surface area contributed by atoms with Crippen molar-refractivity contribution in [3.63, 3.8) is 0 Å². The van der Waals surface area contributed by atoms with E-state index in [-0.39, 0.29) is 11.9 Å². The molecule has 1 aromatic heterocycles. The van der Waals surface area contributed by atoms with Crippen LogP contribution in [0.2, 0.25) is 0 Å². The summed E-state index contributed by atoms with van der Waals surface area (Å²) in [6.45, 7) is 3.57. The Morgan fingerprint density at radius 1 is 1.30 bits per heavy atom. The van der Waals surface area contributed by atoms with E-state index >= 15 is 0 Å². The summed E-state index contributed by atoms with van der Waals surface area (Å²) in [4.78, 5) is 2.13. The molecular formula is C15H21FN4. The number of likely N-dealkylation sites (N-methyl/N-ethyl adjacent to an activating group) is 1. The Morgan fingerprint density at radius 3 is 2.55 bits per heavy atom. The lowest BCUT2D eigenvalue weighted by Crippen LogP contribution is -2.30. The molecule has 1 atom stereocenters. The second-order valence-electron chi connectivity index (χ2n) is 5.18. The first-order valence-corrected chi connectivity index (χ1v) is 6.69. The van der Waals surface area contributed by atoms with Crippen LogP contribution in [0.1, 0.15) is 22.9 Å². The Bertz CT molecular complexity index is 533. The molecule has 0 saturated heterocycles. The zero-order valence-corrected chi connectivity index (χ0v) is 12.2. The van der Waals surface area contributed by atoms with Crippen molar-refractivity contribution in [2.75, 3.05) is 20.6 Å². The number of nitrogens with zero attached hydrogens (tertiary/aromatic N) is 2. The third-order valence-electron chi connectivity index (χ3n) is 3.47. The Hall–Kier alpha value is -1.72. The number of aromatic nitrogens is 2. The summed E-state index contributed by atoms with van der Waals surface area (Å²) in [5, 5.41) is 10.4. The van der Waals surface area contributed by atoms with Crippen LogP contribution in [0.5, 0.6) is 0 Å². The Labute approximate surface area is 119 Å². The van der Waals surface area contributed by atoms with Crippen LogP contribution in [0.25, 0.3) is 0 Å². The molecular weight excluding hydrogens is 255 g/mol. The van der Waals surface area contributed by atoms with Gasteiger partial charge < -0.3 is 10.2 Å². The zero-order valence-electron chi connectivity index (χ0n) is 12.2. The highest BCUT2D eigenvalue weighted by Crippen LogP contribution is 2.18. The number of halogens is 1. The van der Waals surface area contributed by atoms with Crippen molar-refractivity contribution < 1.29 is 4.39 Å². The van der Waals surface area contributed by atoms with Crippen molar-refractivity contribution >= 4 is 0 Å². The van der Waals surface area contributed by atoms with Gasteiger partial charge >= 0.3 is 0 Å². The van der Waals surface area contributed by atoms with Crippen LogP contribution in [0.3, 0.4) is 0 Å². The van der Waals surface area contributed by atoms with Gasteiger partial charge in [-0.25, -0.2) is 4.39 Å². The molecule has 0 aliphatic heterocycles. The highest BCUT2D eigenvalue weighted by Gasteiger charge is 2.14.